The van der Waals surface area contributed by atoms with Gasteiger partial charge in [-0.15, -0.1) is 11.8 Å². The van der Waals surface area contributed by atoms with Gasteiger partial charge in [0.15, 0.2) is 11.6 Å². The Bertz CT molecular complexity index is 1210. The zero-order valence-corrected chi connectivity index (χ0v) is 17.5. The van der Waals surface area contributed by atoms with E-state index in [1.807, 2.05) is 12.3 Å². The molecule has 6 nitrogen and oxygen atoms in total. The van der Waals surface area contributed by atoms with Crippen molar-refractivity contribution in [2.75, 3.05) is 11.6 Å². The number of imidazole rings is 1. The number of halogens is 3. The molecule has 160 valence electrons. The maximum atomic E-state index is 13.6. The van der Waals surface area contributed by atoms with Crippen LogP contribution in [0.15, 0.2) is 53.2 Å². The fourth-order valence-corrected chi connectivity index (χ4v) is 3.80. The minimum absolute atomic E-state index is 0.0406. The van der Waals surface area contributed by atoms with E-state index in [0.717, 1.165) is 16.6 Å². The summed E-state index contributed by atoms with van der Waals surface area (Å²) in [5.41, 5.74) is 1.90. The minimum Gasteiger partial charge on any atom is -0.306 e. The minimum atomic E-state index is -4.67. The molecule has 0 saturated heterocycles. The highest BCUT2D eigenvalue weighted by molar-refractivity contribution is 8.02. The van der Waals surface area contributed by atoms with Gasteiger partial charge in [-0.3, -0.25) is 9.36 Å². The smallest absolute Gasteiger partial charge is 0.306 e. The summed E-state index contributed by atoms with van der Waals surface area (Å²) in [7, 11) is 0. The standard InChI is InChI=1S/C21H18F3N5OS/c1-12-3-8-16-15(9-12)27-20(21(22,23)24)29(16)18-11-25-17(10-26-18)28-19(30)13-4-6-14(31-2)7-5-13/h3-4,6,8-11H,5,7H2,1-2H3,(H,25,28,30). The first kappa shape index (κ1) is 21.1. The van der Waals surface area contributed by atoms with E-state index in [1.165, 1.54) is 17.3 Å². The molecule has 1 amide bonds. The number of benzene rings is 1. The number of thioether (sulfide) groups is 1. The van der Waals surface area contributed by atoms with E-state index in [1.54, 1.807) is 43.0 Å². The van der Waals surface area contributed by atoms with Crippen LogP contribution < -0.4 is 5.32 Å². The van der Waals surface area contributed by atoms with E-state index in [2.05, 4.69) is 20.3 Å². The average molecular weight is 445 g/mol. The van der Waals surface area contributed by atoms with Gasteiger partial charge < -0.3 is 5.32 Å². The molecule has 1 aromatic carbocycles. The van der Waals surface area contributed by atoms with Gasteiger partial charge in [0.2, 0.25) is 5.82 Å². The quantitative estimate of drug-likeness (QED) is 0.609. The van der Waals surface area contributed by atoms with Gasteiger partial charge in [-0.2, -0.15) is 13.2 Å². The van der Waals surface area contributed by atoms with Gasteiger partial charge in [0.05, 0.1) is 23.4 Å². The number of carbonyl (C=O) groups excluding carboxylic acids is 1. The van der Waals surface area contributed by atoms with Gasteiger partial charge in [0.25, 0.3) is 5.91 Å². The van der Waals surface area contributed by atoms with Gasteiger partial charge >= 0.3 is 6.18 Å². The molecule has 0 spiro atoms. The van der Waals surface area contributed by atoms with E-state index in [-0.39, 0.29) is 28.6 Å². The Kier molecular flexibility index (Phi) is 5.57. The van der Waals surface area contributed by atoms with Gasteiger partial charge in [-0.25, -0.2) is 15.0 Å². The topological polar surface area (TPSA) is 72.7 Å². The summed E-state index contributed by atoms with van der Waals surface area (Å²) >= 11 is 1.64. The molecule has 2 heterocycles. The third-order valence-electron chi connectivity index (χ3n) is 4.84. The second-order valence-corrected chi connectivity index (χ2v) is 7.94. The molecule has 31 heavy (non-hydrogen) atoms. The molecule has 0 aliphatic heterocycles. The number of fused-ring (bicyclic) bond motifs is 1. The number of anilines is 1. The van der Waals surface area contributed by atoms with E-state index < -0.39 is 12.0 Å². The van der Waals surface area contributed by atoms with E-state index >= 15 is 0 Å². The SMILES string of the molecule is CSC1=CC=C(C(=O)Nc2cnc(-n3c(C(F)(F)F)nc4cc(C)ccc43)cn2)CC1. The molecule has 0 saturated carbocycles. The second-order valence-electron chi connectivity index (χ2n) is 7.00. The highest BCUT2D eigenvalue weighted by Crippen LogP contribution is 2.33. The average Bonchev–Trinajstić information content (AvgIpc) is 3.13. The molecule has 3 aromatic rings. The van der Waals surface area contributed by atoms with Crippen molar-refractivity contribution in [2.45, 2.75) is 25.9 Å². The Balaban J connectivity index is 1.63. The maximum Gasteiger partial charge on any atom is 0.450 e. The lowest BCUT2D eigenvalue weighted by Crippen LogP contribution is -2.17. The van der Waals surface area contributed by atoms with E-state index in [0.29, 0.717) is 12.0 Å². The monoisotopic (exact) mass is 445 g/mol. The Labute approximate surface area is 180 Å². The number of carbonyl (C=O) groups is 1. The molecule has 1 N–H and O–H groups in total. The molecule has 4 rings (SSSR count). The number of allylic oxidation sites excluding steroid dienone is 3. The van der Waals surface area contributed by atoms with Crippen LogP contribution in [0.4, 0.5) is 19.0 Å². The Hall–Kier alpha value is -3.14. The summed E-state index contributed by atoms with van der Waals surface area (Å²) in [6.45, 7) is 1.78. The number of aromatic nitrogens is 4. The predicted molar refractivity (Wildman–Crippen MR) is 114 cm³/mol. The lowest BCUT2D eigenvalue weighted by molar-refractivity contribution is -0.145. The van der Waals surface area contributed by atoms with Crippen molar-refractivity contribution < 1.29 is 18.0 Å². The summed E-state index contributed by atoms with van der Waals surface area (Å²) in [5.74, 6) is -1.27. The van der Waals surface area contributed by atoms with E-state index in [4.69, 9.17) is 0 Å². The molecule has 1 aliphatic carbocycles. The van der Waals surface area contributed by atoms with Crippen molar-refractivity contribution in [1.82, 2.24) is 19.5 Å². The van der Waals surface area contributed by atoms with Crippen LogP contribution in [0.3, 0.4) is 0 Å². The normalized spacial score (nSPS) is 14.4. The lowest BCUT2D eigenvalue weighted by Gasteiger charge is -2.13. The Morgan fingerprint density at radius 3 is 2.58 bits per heavy atom. The third kappa shape index (κ3) is 4.34. The van der Waals surface area contributed by atoms with Crippen molar-refractivity contribution in [3.8, 4) is 5.82 Å². The van der Waals surface area contributed by atoms with Crippen molar-refractivity contribution in [1.29, 1.82) is 0 Å². The number of amides is 1. The number of rotatable bonds is 4. The first-order valence-corrected chi connectivity index (χ1v) is 10.6. The zero-order valence-electron chi connectivity index (χ0n) is 16.7. The number of hydrogen-bond acceptors (Lipinski definition) is 5. The van der Waals surface area contributed by atoms with Crippen molar-refractivity contribution in [3.05, 3.63) is 64.6 Å². The van der Waals surface area contributed by atoms with E-state index in [9.17, 15) is 18.0 Å². The molecule has 1 aliphatic rings. The van der Waals surface area contributed by atoms with Gasteiger partial charge in [0.1, 0.15) is 0 Å². The van der Waals surface area contributed by atoms with Crippen LogP contribution in [0.1, 0.15) is 24.2 Å². The van der Waals surface area contributed by atoms with Crippen LogP contribution in [-0.4, -0.2) is 31.7 Å². The van der Waals surface area contributed by atoms with Gasteiger partial charge in [-0.1, -0.05) is 18.2 Å². The van der Waals surface area contributed by atoms with Crippen LogP contribution in [-0.2, 0) is 11.0 Å². The summed E-state index contributed by atoms with van der Waals surface area (Å²) in [6, 6.07) is 4.85. The number of nitrogens with one attached hydrogen (secondary N) is 1. The van der Waals surface area contributed by atoms with Gasteiger partial charge in [-0.05, 0) is 48.6 Å². The molecular formula is C21H18F3N5OS. The summed E-state index contributed by atoms with van der Waals surface area (Å²) in [5, 5.41) is 2.64. The zero-order chi connectivity index (χ0) is 22.2. The van der Waals surface area contributed by atoms with Crippen LogP contribution in [0.25, 0.3) is 16.9 Å². The summed E-state index contributed by atoms with van der Waals surface area (Å²) < 4.78 is 41.7. The van der Waals surface area contributed by atoms with Crippen molar-refractivity contribution in [2.24, 2.45) is 0 Å². The predicted octanol–water partition coefficient (Wildman–Crippen LogP) is 5.05. The molecule has 0 radical (unpaired) electrons. The summed E-state index contributed by atoms with van der Waals surface area (Å²) in [4.78, 5) is 25.6. The first-order valence-electron chi connectivity index (χ1n) is 9.40. The third-order valence-corrected chi connectivity index (χ3v) is 5.70. The lowest BCUT2D eigenvalue weighted by atomic mass is 10.0. The largest absolute Gasteiger partial charge is 0.450 e. The first-order chi connectivity index (χ1) is 14.8. The molecule has 2 aromatic heterocycles. The van der Waals surface area contributed by atoms with Crippen LogP contribution in [0, 0.1) is 6.92 Å². The highest BCUT2D eigenvalue weighted by atomic mass is 32.2. The highest BCUT2D eigenvalue weighted by Gasteiger charge is 2.38. The summed E-state index contributed by atoms with van der Waals surface area (Å²) in [6.07, 6.45) is 4.81. The molecule has 0 unspecified atom stereocenters. The molecular weight excluding hydrogens is 427 g/mol. The number of hydrogen-bond donors (Lipinski definition) is 1. The number of aryl methyl sites for hydroxylation is 1. The number of nitrogens with zero attached hydrogens (tertiary/aromatic N) is 4. The second kappa shape index (κ2) is 8.18. The van der Waals surface area contributed by atoms with Crippen LogP contribution in [0.5, 0.6) is 0 Å². The maximum absolute atomic E-state index is 13.6. The fraction of sp³-hybridized carbons (Fsp3) is 0.238. The van der Waals surface area contributed by atoms with Crippen LogP contribution in [0.2, 0.25) is 0 Å². The fourth-order valence-electron chi connectivity index (χ4n) is 3.29. The Morgan fingerprint density at radius 2 is 1.97 bits per heavy atom. The van der Waals surface area contributed by atoms with Crippen molar-refractivity contribution in [3.63, 3.8) is 0 Å². The molecule has 10 heteroatoms. The Morgan fingerprint density at radius 1 is 1.16 bits per heavy atom. The van der Waals surface area contributed by atoms with Gasteiger partial charge in [0, 0.05) is 5.57 Å². The molecule has 0 bridgehead atoms. The van der Waals surface area contributed by atoms with Crippen molar-refractivity contribution >= 4 is 34.5 Å². The number of alkyl halides is 3. The molecule has 0 fully saturated rings. The molecule has 0 atom stereocenters. The van der Waals surface area contributed by atoms with Crippen LogP contribution >= 0.6 is 11.8 Å².